The zero-order chi connectivity index (χ0) is 15.8. The van der Waals surface area contributed by atoms with Crippen LogP contribution in [-0.4, -0.2) is 0 Å². The topological polar surface area (TPSA) is 9.23 Å². The molecule has 0 heterocycles. The summed E-state index contributed by atoms with van der Waals surface area (Å²) in [6, 6.07) is 5.00. The molecule has 2 aromatic rings. The van der Waals surface area contributed by atoms with Crippen LogP contribution in [0.5, 0.6) is 11.5 Å². The normalized spacial score (nSPS) is 11.6. The van der Waals surface area contributed by atoms with Gasteiger partial charge in [-0.2, -0.15) is 17.6 Å². The van der Waals surface area contributed by atoms with Crippen molar-refractivity contribution >= 4 is 31.9 Å². The van der Waals surface area contributed by atoms with E-state index in [0.717, 1.165) is 24.3 Å². The highest BCUT2D eigenvalue weighted by molar-refractivity contribution is 9.10. The molecule has 0 unspecified atom stereocenters. The first-order valence-corrected chi connectivity index (χ1v) is 6.96. The van der Waals surface area contributed by atoms with E-state index in [1.807, 2.05) is 0 Å². The van der Waals surface area contributed by atoms with Crippen LogP contribution in [0.15, 0.2) is 39.3 Å². The van der Waals surface area contributed by atoms with E-state index in [1.54, 1.807) is 0 Å². The lowest BCUT2D eigenvalue weighted by Crippen LogP contribution is -2.07. The third-order valence-corrected chi connectivity index (χ3v) is 3.38. The molecule has 0 aliphatic rings. The Labute approximate surface area is 133 Å². The molecule has 112 valence electrons. The summed E-state index contributed by atoms with van der Waals surface area (Å²) in [7, 11) is 0. The minimum absolute atomic E-state index is 0.141. The molecule has 0 saturated heterocycles. The molecule has 0 radical (unpaired) electrons. The molecule has 0 aliphatic carbocycles. The van der Waals surface area contributed by atoms with E-state index in [9.17, 15) is 22.0 Å². The van der Waals surface area contributed by atoms with Gasteiger partial charge in [0.15, 0.2) is 11.6 Å². The van der Waals surface area contributed by atoms with Gasteiger partial charge in [0.2, 0.25) is 5.82 Å². The molecule has 21 heavy (non-hydrogen) atoms. The van der Waals surface area contributed by atoms with Gasteiger partial charge in [-0.25, -0.2) is 4.39 Å². The average molecular weight is 432 g/mol. The summed E-state index contributed by atoms with van der Waals surface area (Å²) in [5.41, 5.74) is -1.10. The van der Waals surface area contributed by atoms with Crippen molar-refractivity contribution in [1.82, 2.24) is 0 Å². The minimum atomic E-state index is -4.69. The van der Waals surface area contributed by atoms with Crippen LogP contribution >= 0.6 is 31.9 Å². The second-order valence-electron chi connectivity index (χ2n) is 3.94. The van der Waals surface area contributed by atoms with Gasteiger partial charge in [-0.1, -0.05) is 31.9 Å². The number of hydrogen-bond acceptors (Lipinski definition) is 1. The molecule has 0 amide bonds. The van der Waals surface area contributed by atoms with E-state index < -0.39 is 34.9 Å². The number of ether oxygens (including phenoxy) is 1. The fraction of sp³-hybridized carbons (Fsp3) is 0.0769. The largest absolute Gasteiger partial charge is 0.453 e. The van der Waals surface area contributed by atoms with Crippen LogP contribution in [0.1, 0.15) is 5.56 Å². The molecule has 0 spiro atoms. The van der Waals surface area contributed by atoms with Crippen LogP contribution < -0.4 is 4.74 Å². The van der Waals surface area contributed by atoms with Crippen LogP contribution in [0.2, 0.25) is 0 Å². The molecule has 8 heteroatoms. The number of benzene rings is 2. The van der Waals surface area contributed by atoms with Crippen molar-refractivity contribution in [2.75, 3.05) is 0 Å². The zero-order valence-electron chi connectivity index (χ0n) is 9.94. The molecule has 2 rings (SSSR count). The van der Waals surface area contributed by atoms with Gasteiger partial charge in [-0.15, -0.1) is 0 Å². The Morgan fingerprint density at radius 3 is 2.14 bits per heavy atom. The number of rotatable bonds is 2. The first-order chi connectivity index (χ1) is 9.68. The molecule has 0 atom stereocenters. The zero-order valence-corrected chi connectivity index (χ0v) is 13.1. The minimum Gasteiger partial charge on any atom is -0.453 e. The second-order valence-corrected chi connectivity index (χ2v) is 5.77. The van der Waals surface area contributed by atoms with Crippen molar-refractivity contribution in [3.63, 3.8) is 0 Å². The SMILES string of the molecule is Fc1cc(Br)cc(Oc2ccc(Br)cc2C(F)(F)F)c1F. The lowest BCUT2D eigenvalue weighted by atomic mass is 10.2. The van der Waals surface area contributed by atoms with Crippen LogP contribution in [0.4, 0.5) is 22.0 Å². The Morgan fingerprint density at radius 1 is 0.857 bits per heavy atom. The van der Waals surface area contributed by atoms with Gasteiger partial charge >= 0.3 is 6.18 Å². The summed E-state index contributed by atoms with van der Waals surface area (Å²) in [5.74, 6) is -3.86. The van der Waals surface area contributed by atoms with Crippen molar-refractivity contribution in [3.05, 3.63) is 56.5 Å². The van der Waals surface area contributed by atoms with Gasteiger partial charge in [-0.05, 0) is 30.3 Å². The highest BCUT2D eigenvalue weighted by atomic mass is 79.9. The maximum absolute atomic E-state index is 13.6. The molecule has 0 saturated carbocycles. The average Bonchev–Trinajstić information content (AvgIpc) is 2.36. The smallest absolute Gasteiger partial charge is 0.420 e. The Kier molecular flexibility index (Phi) is 4.57. The van der Waals surface area contributed by atoms with Crippen molar-refractivity contribution < 1.29 is 26.7 Å². The van der Waals surface area contributed by atoms with Crippen LogP contribution in [0.25, 0.3) is 0 Å². The molecule has 0 N–H and O–H groups in total. The lowest BCUT2D eigenvalue weighted by molar-refractivity contribution is -0.138. The summed E-state index contributed by atoms with van der Waals surface area (Å²) in [6.07, 6.45) is -4.69. The summed E-state index contributed by atoms with van der Waals surface area (Å²) >= 11 is 5.83. The standard InChI is InChI=1S/C13H5Br2F5O/c14-6-1-2-10(8(3-6)13(18,19)20)21-11-5-7(15)4-9(16)12(11)17/h1-5H. The number of hydrogen-bond donors (Lipinski definition) is 0. The fourth-order valence-electron chi connectivity index (χ4n) is 1.54. The van der Waals surface area contributed by atoms with Gasteiger partial charge in [0.25, 0.3) is 0 Å². The predicted octanol–water partition coefficient (Wildman–Crippen LogP) is 6.30. The number of halogens is 7. The Balaban J connectivity index is 2.50. The van der Waals surface area contributed by atoms with Gasteiger partial charge in [0.1, 0.15) is 5.75 Å². The van der Waals surface area contributed by atoms with Crippen LogP contribution in [0, 0.1) is 11.6 Å². The maximum atomic E-state index is 13.6. The monoisotopic (exact) mass is 430 g/mol. The van der Waals surface area contributed by atoms with E-state index in [2.05, 4.69) is 31.9 Å². The summed E-state index contributed by atoms with van der Waals surface area (Å²) < 4.78 is 70.7. The van der Waals surface area contributed by atoms with Gasteiger partial charge in [0, 0.05) is 8.95 Å². The molecular weight excluding hydrogens is 427 g/mol. The Hall–Kier alpha value is -1.15. The molecule has 1 nitrogen and oxygen atoms in total. The third-order valence-electron chi connectivity index (χ3n) is 2.43. The van der Waals surface area contributed by atoms with Gasteiger partial charge in [-0.3, -0.25) is 0 Å². The van der Waals surface area contributed by atoms with E-state index in [0.29, 0.717) is 0 Å². The molecule has 2 aromatic carbocycles. The van der Waals surface area contributed by atoms with E-state index in [4.69, 9.17) is 4.74 Å². The van der Waals surface area contributed by atoms with Crippen LogP contribution in [-0.2, 0) is 6.18 Å². The third kappa shape index (κ3) is 3.74. The lowest BCUT2D eigenvalue weighted by Gasteiger charge is -2.14. The first kappa shape index (κ1) is 16.2. The van der Waals surface area contributed by atoms with Crippen molar-refractivity contribution in [2.45, 2.75) is 6.18 Å². The predicted molar refractivity (Wildman–Crippen MR) is 73.3 cm³/mol. The van der Waals surface area contributed by atoms with Crippen molar-refractivity contribution in [3.8, 4) is 11.5 Å². The van der Waals surface area contributed by atoms with Gasteiger partial charge in [0.05, 0.1) is 5.56 Å². The molecule has 0 aliphatic heterocycles. The van der Waals surface area contributed by atoms with Crippen molar-refractivity contribution in [2.24, 2.45) is 0 Å². The Bertz CT molecular complexity index is 685. The summed E-state index contributed by atoms with van der Waals surface area (Å²) in [6.45, 7) is 0. The van der Waals surface area contributed by atoms with E-state index >= 15 is 0 Å². The molecule has 0 aromatic heterocycles. The first-order valence-electron chi connectivity index (χ1n) is 5.37. The fourth-order valence-corrected chi connectivity index (χ4v) is 2.31. The quantitative estimate of drug-likeness (QED) is 0.400. The summed E-state index contributed by atoms with van der Waals surface area (Å²) in [5, 5.41) is 0. The molecular formula is C13H5Br2F5O. The van der Waals surface area contributed by atoms with E-state index in [-0.39, 0.29) is 8.95 Å². The summed E-state index contributed by atoms with van der Waals surface area (Å²) in [4.78, 5) is 0. The second kappa shape index (κ2) is 5.92. The highest BCUT2D eigenvalue weighted by Crippen LogP contribution is 2.40. The number of alkyl halides is 3. The van der Waals surface area contributed by atoms with Gasteiger partial charge < -0.3 is 4.74 Å². The van der Waals surface area contributed by atoms with Crippen molar-refractivity contribution in [1.29, 1.82) is 0 Å². The highest BCUT2D eigenvalue weighted by Gasteiger charge is 2.35. The maximum Gasteiger partial charge on any atom is 0.420 e. The molecule has 0 fully saturated rings. The molecule has 0 bridgehead atoms. The van der Waals surface area contributed by atoms with E-state index in [1.165, 1.54) is 6.07 Å². The Morgan fingerprint density at radius 2 is 1.52 bits per heavy atom. The van der Waals surface area contributed by atoms with Crippen LogP contribution in [0.3, 0.4) is 0 Å².